The Labute approximate surface area is 278 Å². The number of benzene rings is 3. The van der Waals surface area contributed by atoms with E-state index in [0.29, 0.717) is 5.41 Å². The molecule has 244 valence electrons. The van der Waals surface area contributed by atoms with Gasteiger partial charge >= 0.3 is 5.97 Å². The van der Waals surface area contributed by atoms with Crippen LogP contribution in [0.1, 0.15) is 111 Å². The van der Waals surface area contributed by atoms with Crippen LogP contribution in [0.2, 0.25) is 0 Å². The van der Waals surface area contributed by atoms with Crippen molar-refractivity contribution in [3.8, 4) is 0 Å². The van der Waals surface area contributed by atoms with Crippen molar-refractivity contribution in [1.82, 2.24) is 0 Å². The van der Waals surface area contributed by atoms with Crippen molar-refractivity contribution >= 4 is 33.6 Å². The van der Waals surface area contributed by atoms with Gasteiger partial charge in [0, 0.05) is 12.5 Å². The van der Waals surface area contributed by atoms with E-state index in [4.69, 9.17) is 4.74 Å². The molecule has 0 spiro atoms. The van der Waals surface area contributed by atoms with Crippen LogP contribution in [-0.2, 0) is 9.53 Å². The van der Waals surface area contributed by atoms with E-state index in [-0.39, 0.29) is 17.5 Å². The SMILES string of the molecule is CC(C)CCC[C@@H](C)[C@@H]1CC[C@@H]2[C@H]3CC=C4C[C@@H](OC(=O)/C=C\c5c6ccccc6cc6ccccc56)CC[C@]4(C)[C@@H]3CC[C@@]21C. The number of carbonyl (C=O) groups excluding carboxylic acids is 1. The second kappa shape index (κ2) is 12.6. The lowest BCUT2D eigenvalue weighted by Crippen LogP contribution is -2.51. The molecule has 3 fully saturated rings. The molecule has 0 saturated heterocycles. The Bertz CT molecular complexity index is 1590. The van der Waals surface area contributed by atoms with Crippen molar-refractivity contribution in [1.29, 1.82) is 0 Å². The molecule has 0 heterocycles. The van der Waals surface area contributed by atoms with E-state index < -0.39 is 0 Å². The molecule has 2 nitrogen and oxygen atoms in total. The molecular formula is C44H56O2. The summed E-state index contributed by atoms with van der Waals surface area (Å²) in [5, 5.41) is 4.71. The fourth-order valence-electron chi connectivity index (χ4n) is 11.3. The molecule has 8 atom stereocenters. The van der Waals surface area contributed by atoms with Gasteiger partial charge in [-0.1, -0.05) is 114 Å². The molecule has 0 unspecified atom stereocenters. The molecule has 0 N–H and O–H groups in total. The highest BCUT2D eigenvalue weighted by Crippen LogP contribution is 2.67. The fraction of sp³-hybridized carbons (Fsp3) is 0.568. The summed E-state index contributed by atoms with van der Waals surface area (Å²) in [7, 11) is 0. The number of ether oxygens (including phenoxy) is 1. The number of hydrogen-bond acceptors (Lipinski definition) is 2. The van der Waals surface area contributed by atoms with Gasteiger partial charge in [0.2, 0.25) is 0 Å². The Morgan fingerprint density at radius 3 is 2.33 bits per heavy atom. The molecule has 2 heteroatoms. The van der Waals surface area contributed by atoms with E-state index in [9.17, 15) is 4.79 Å². The second-order valence-corrected chi connectivity index (χ2v) is 16.7. The van der Waals surface area contributed by atoms with Gasteiger partial charge in [-0.25, -0.2) is 4.79 Å². The van der Waals surface area contributed by atoms with Crippen LogP contribution in [0.4, 0.5) is 0 Å². The zero-order valence-corrected chi connectivity index (χ0v) is 29.1. The monoisotopic (exact) mass is 616 g/mol. The van der Waals surface area contributed by atoms with Gasteiger partial charge < -0.3 is 4.74 Å². The molecule has 46 heavy (non-hydrogen) atoms. The molecule has 3 aromatic rings. The molecule has 0 amide bonds. The van der Waals surface area contributed by atoms with Gasteiger partial charge in [0.15, 0.2) is 0 Å². The summed E-state index contributed by atoms with van der Waals surface area (Å²) >= 11 is 0. The molecular weight excluding hydrogens is 560 g/mol. The summed E-state index contributed by atoms with van der Waals surface area (Å²) in [6, 6.07) is 19.1. The quantitative estimate of drug-likeness (QED) is 0.109. The first kappa shape index (κ1) is 31.7. The largest absolute Gasteiger partial charge is 0.459 e. The fourth-order valence-corrected chi connectivity index (χ4v) is 11.3. The van der Waals surface area contributed by atoms with Crippen LogP contribution in [0.3, 0.4) is 0 Å². The van der Waals surface area contributed by atoms with Gasteiger partial charge in [-0.2, -0.15) is 0 Å². The van der Waals surface area contributed by atoms with Crippen molar-refractivity contribution in [2.45, 2.75) is 111 Å². The third-order valence-corrected chi connectivity index (χ3v) is 13.7. The second-order valence-electron chi connectivity index (χ2n) is 16.7. The first-order valence-electron chi connectivity index (χ1n) is 18.7. The lowest BCUT2D eigenvalue weighted by molar-refractivity contribution is -0.145. The number of esters is 1. The van der Waals surface area contributed by atoms with Crippen molar-refractivity contribution in [3.05, 3.63) is 77.9 Å². The van der Waals surface area contributed by atoms with Crippen molar-refractivity contribution in [2.24, 2.45) is 46.3 Å². The van der Waals surface area contributed by atoms with E-state index in [2.05, 4.69) is 95.3 Å². The number of hydrogen-bond donors (Lipinski definition) is 0. The third-order valence-electron chi connectivity index (χ3n) is 13.7. The first-order valence-corrected chi connectivity index (χ1v) is 18.7. The van der Waals surface area contributed by atoms with Crippen LogP contribution >= 0.6 is 0 Å². The van der Waals surface area contributed by atoms with Gasteiger partial charge in [-0.15, -0.1) is 0 Å². The average molecular weight is 617 g/mol. The maximum atomic E-state index is 13.2. The molecule has 7 rings (SSSR count). The number of carbonyl (C=O) groups is 1. The Hall–Kier alpha value is -2.87. The van der Waals surface area contributed by atoms with Crippen LogP contribution in [-0.4, -0.2) is 12.1 Å². The van der Waals surface area contributed by atoms with Crippen LogP contribution in [0.15, 0.2) is 72.3 Å². The normalized spacial score (nSPS) is 33.1. The summed E-state index contributed by atoms with van der Waals surface area (Å²) in [6.07, 6.45) is 20.4. The lowest BCUT2D eigenvalue weighted by Gasteiger charge is -2.58. The Morgan fingerprint density at radius 2 is 1.61 bits per heavy atom. The third kappa shape index (κ3) is 5.67. The minimum absolute atomic E-state index is 0.0197. The summed E-state index contributed by atoms with van der Waals surface area (Å²) in [6.45, 7) is 12.6. The predicted octanol–water partition coefficient (Wildman–Crippen LogP) is 12.0. The highest BCUT2D eigenvalue weighted by atomic mass is 16.5. The van der Waals surface area contributed by atoms with Gasteiger partial charge in [0.25, 0.3) is 0 Å². The van der Waals surface area contributed by atoms with Crippen molar-refractivity contribution in [2.75, 3.05) is 0 Å². The highest BCUT2D eigenvalue weighted by Gasteiger charge is 2.59. The zero-order chi connectivity index (χ0) is 32.1. The first-order chi connectivity index (χ1) is 22.2. The van der Waals surface area contributed by atoms with E-state index in [1.807, 2.05) is 6.08 Å². The van der Waals surface area contributed by atoms with Crippen LogP contribution in [0, 0.1) is 46.3 Å². The average Bonchev–Trinajstić information content (AvgIpc) is 3.40. The number of allylic oxidation sites excluding steroid dienone is 1. The lowest BCUT2D eigenvalue weighted by atomic mass is 9.47. The van der Waals surface area contributed by atoms with Gasteiger partial charge in [-0.3, -0.25) is 0 Å². The Balaban J connectivity index is 1.02. The van der Waals surface area contributed by atoms with Crippen molar-refractivity contribution in [3.63, 3.8) is 0 Å². The number of rotatable bonds is 8. The maximum absolute atomic E-state index is 13.2. The Morgan fingerprint density at radius 1 is 0.891 bits per heavy atom. The highest BCUT2D eigenvalue weighted by molar-refractivity contribution is 6.08. The summed E-state index contributed by atoms with van der Waals surface area (Å²) in [5.74, 6) is 4.86. The minimum Gasteiger partial charge on any atom is -0.459 e. The summed E-state index contributed by atoms with van der Waals surface area (Å²) in [4.78, 5) is 13.2. The van der Waals surface area contributed by atoms with E-state index >= 15 is 0 Å². The summed E-state index contributed by atoms with van der Waals surface area (Å²) < 4.78 is 6.17. The Kier molecular flexibility index (Phi) is 8.71. The van der Waals surface area contributed by atoms with Gasteiger partial charge in [0.05, 0.1) is 0 Å². The topological polar surface area (TPSA) is 26.3 Å². The molecule has 3 aromatic carbocycles. The zero-order valence-electron chi connectivity index (χ0n) is 29.1. The van der Waals surface area contributed by atoms with E-state index in [1.165, 1.54) is 72.9 Å². The predicted molar refractivity (Wildman–Crippen MR) is 193 cm³/mol. The number of fused-ring (bicyclic) bond motifs is 7. The molecule has 4 aliphatic rings. The van der Waals surface area contributed by atoms with Crippen LogP contribution < -0.4 is 0 Å². The van der Waals surface area contributed by atoms with Crippen LogP contribution in [0.25, 0.3) is 27.6 Å². The summed E-state index contributed by atoms with van der Waals surface area (Å²) in [5.41, 5.74) is 3.47. The van der Waals surface area contributed by atoms with Gasteiger partial charge in [0.1, 0.15) is 6.10 Å². The molecule has 4 aliphatic carbocycles. The molecule has 0 aromatic heterocycles. The van der Waals surface area contributed by atoms with E-state index in [0.717, 1.165) is 60.3 Å². The van der Waals surface area contributed by atoms with E-state index in [1.54, 1.807) is 11.6 Å². The standard InChI is InChI=1S/C44H56O2/c1-29(2)11-10-12-30(3)39-20-21-40-38-18-17-33-28-34(23-25-43(33,4)41(38)24-26-44(39,40)5)46-42(45)22-19-37-35-15-8-6-13-31(35)27-32-14-7-9-16-36(32)37/h6-9,13-17,19,22,27,29-30,34,38-41H,10-12,18,20-21,23-26,28H2,1-5H3/b22-19-/t30-,34+,38-,39+,40-,41-,43+,44-/m1/s1. The smallest absolute Gasteiger partial charge is 0.331 e. The molecule has 0 aliphatic heterocycles. The molecule has 3 saturated carbocycles. The molecule has 0 radical (unpaired) electrons. The minimum atomic E-state index is -0.215. The van der Waals surface area contributed by atoms with Crippen molar-refractivity contribution < 1.29 is 9.53 Å². The maximum Gasteiger partial charge on any atom is 0.331 e. The molecule has 0 bridgehead atoms. The van der Waals surface area contributed by atoms with Crippen LogP contribution in [0.5, 0.6) is 0 Å². The van der Waals surface area contributed by atoms with Gasteiger partial charge in [-0.05, 0) is 131 Å².